The molecular formula is C19H37NaO2S. The van der Waals surface area contributed by atoms with Gasteiger partial charge in [-0.2, -0.15) is 0 Å². The van der Waals surface area contributed by atoms with Crippen molar-refractivity contribution in [3.05, 3.63) is 0 Å². The van der Waals surface area contributed by atoms with Crippen LogP contribution in [-0.2, 0) is 4.74 Å². The third-order valence-electron chi connectivity index (χ3n) is 4.22. The standard InChI is InChI=1S/C19H38O2S.Na/c1-2-3-4-5-6-7-8-9-10-11-12-13-14-15-16-17-18-21-19(20)22;/h2-18H2,1H3,(H,20,22);/q;+1/p-1. The molecule has 4 heteroatoms. The summed E-state index contributed by atoms with van der Waals surface area (Å²) >= 11 is 4.33. The van der Waals surface area contributed by atoms with Crippen LogP contribution in [0.1, 0.15) is 110 Å². The van der Waals surface area contributed by atoms with Gasteiger partial charge in [-0.1, -0.05) is 115 Å². The zero-order valence-electron chi connectivity index (χ0n) is 15.7. The smallest absolute Gasteiger partial charge is 0.606 e. The van der Waals surface area contributed by atoms with Gasteiger partial charge in [0.1, 0.15) is 5.24 Å². The largest absolute Gasteiger partial charge is 1.00 e. The number of ether oxygens (including phenoxy) is 1. The molecule has 0 aromatic carbocycles. The fraction of sp³-hybridized carbons (Fsp3) is 0.947. The van der Waals surface area contributed by atoms with Crippen LogP contribution in [-0.4, -0.2) is 11.8 Å². The van der Waals surface area contributed by atoms with Gasteiger partial charge in [0.2, 0.25) is 0 Å². The van der Waals surface area contributed by atoms with Crippen LogP contribution in [0.2, 0.25) is 0 Å². The molecule has 0 atom stereocenters. The Hall–Kier alpha value is 0.690. The van der Waals surface area contributed by atoms with Gasteiger partial charge in [-0.3, -0.25) is 0 Å². The summed E-state index contributed by atoms with van der Waals surface area (Å²) in [6.07, 6.45) is 21.7. The Morgan fingerprint density at radius 3 is 1.26 bits per heavy atom. The van der Waals surface area contributed by atoms with Crippen molar-refractivity contribution in [1.82, 2.24) is 0 Å². The number of unbranched alkanes of at least 4 members (excludes halogenated alkanes) is 15. The summed E-state index contributed by atoms with van der Waals surface area (Å²) in [5.74, 6) is 0. The minimum Gasteiger partial charge on any atom is -0.606 e. The van der Waals surface area contributed by atoms with Crippen LogP contribution >= 0.6 is 12.2 Å². The summed E-state index contributed by atoms with van der Waals surface area (Å²) in [7, 11) is 0. The SMILES string of the molecule is CCCCCCCCCCCCCCCCCCOC([O-])=S.[Na+]. The van der Waals surface area contributed by atoms with Crippen molar-refractivity contribution < 1.29 is 39.4 Å². The second kappa shape index (κ2) is 22.7. The molecule has 0 saturated heterocycles. The zero-order chi connectivity index (χ0) is 16.3. The van der Waals surface area contributed by atoms with Gasteiger partial charge >= 0.3 is 29.6 Å². The van der Waals surface area contributed by atoms with Crippen molar-refractivity contribution in [3.8, 4) is 0 Å². The fourth-order valence-electron chi connectivity index (χ4n) is 2.81. The zero-order valence-corrected chi connectivity index (χ0v) is 18.6. The van der Waals surface area contributed by atoms with Gasteiger partial charge in [0.15, 0.2) is 0 Å². The molecule has 2 nitrogen and oxygen atoms in total. The minimum absolute atomic E-state index is 0. The van der Waals surface area contributed by atoms with Crippen LogP contribution in [0.4, 0.5) is 0 Å². The van der Waals surface area contributed by atoms with Gasteiger partial charge in [-0.25, -0.2) is 0 Å². The number of thiocarbonyl (C=S) groups is 1. The van der Waals surface area contributed by atoms with Gasteiger partial charge in [0.05, 0.1) is 0 Å². The first kappa shape index (κ1) is 25.9. The van der Waals surface area contributed by atoms with Crippen LogP contribution in [0.5, 0.6) is 0 Å². The number of rotatable bonds is 17. The average Bonchev–Trinajstić information content (AvgIpc) is 2.50. The molecule has 0 fully saturated rings. The van der Waals surface area contributed by atoms with E-state index in [1.54, 1.807) is 0 Å². The molecule has 0 N–H and O–H groups in total. The van der Waals surface area contributed by atoms with Gasteiger partial charge in [0.25, 0.3) is 0 Å². The second-order valence-corrected chi connectivity index (χ2v) is 6.74. The van der Waals surface area contributed by atoms with Crippen LogP contribution in [0.3, 0.4) is 0 Å². The molecule has 0 radical (unpaired) electrons. The summed E-state index contributed by atoms with van der Waals surface area (Å²) in [5.41, 5.74) is 0. The molecule has 0 unspecified atom stereocenters. The van der Waals surface area contributed by atoms with E-state index in [-0.39, 0.29) is 29.6 Å². The molecule has 0 saturated carbocycles. The van der Waals surface area contributed by atoms with Crippen molar-refractivity contribution in [3.63, 3.8) is 0 Å². The topological polar surface area (TPSA) is 32.3 Å². The average molecular weight is 353 g/mol. The molecular weight excluding hydrogens is 315 g/mol. The molecule has 0 aromatic heterocycles. The molecule has 0 bridgehead atoms. The van der Waals surface area contributed by atoms with E-state index in [2.05, 4.69) is 19.1 Å². The third kappa shape index (κ3) is 25.1. The van der Waals surface area contributed by atoms with Gasteiger partial charge in [-0.05, 0) is 13.0 Å². The molecule has 0 heterocycles. The summed E-state index contributed by atoms with van der Waals surface area (Å²) in [5, 5.41) is 9.83. The van der Waals surface area contributed by atoms with Gasteiger partial charge in [-0.15, -0.1) is 0 Å². The quantitative estimate of drug-likeness (QED) is 0.229. The Kier molecular flexibility index (Phi) is 25.6. The first-order chi connectivity index (χ1) is 10.8. The molecule has 0 spiro atoms. The minimum atomic E-state index is -0.569. The Morgan fingerprint density at radius 1 is 0.652 bits per heavy atom. The predicted octanol–water partition coefficient (Wildman–Crippen LogP) is 2.91. The van der Waals surface area contributed by atoms with Crippen molar-refractivity contribution >= 4 is 17.5 Å². The van der Waals surface area contributed by atoms with Gasteiger partial charge in [0, 0.05) is 0 Å². The van der Waals surface area contributed by atoms with Crippen molar-refractivity contribution in [2.45, 2.75) is 110 Å². The first-order valence-electron chi connectivity index (χ1n) is 9.61. The van der Waals surface area contributed by atoms with Crippen LogP contribution < -0.4 is 34.7 Å². The van der Waals surface area contributed by atoms with E-state index in [0.717, 1.165) is 12.8 Å². The van der Waals surface area contributed by atoms with Crippen LogP contribution in [0.15, 0.2) is 0 Å². The predicted molar refractivity (Wildman–Crippen MR) is 98.1 cm³/mol. The molecule has 0 rings (SSSR count). The van der Waals surface area contributed by atoms with E-state index in [4.69, 9.17) is 4.74 Å². The summed E-state index contributed by atoms with van der Waals surface area (Å²) in [6, 6.07) is 0. The van der Waals surface area contributed by atoms with E-state index < -0.39 is 5.24 Å². The van der Waals surface area contributed by atoms with E-state index in [1.165, 1.54) is 89.9 Å². The van der Waals surface area contributed by atoms with Crippen LogP contribution in [0.25, 0.3) is 0 Å². The van der Waals surface area contributed by atoms with E-state index >= 15 is 0 Å². The molecule has 0 amide bonds. The maximum atomic E-state index is 10.4. The third-order valence-corrected chi connectivity index (χ3v) is 4.34. The summed E-state index contributed by atoms with van der Waals surface area (Å²) in [4.78, 5) is 0. The monoisotopic (exact) mass is 352 g/mol. The Bertz CT molecular complexity index is 237. The van der Waals surface area contributed by atoms with E-state index in [1.807, 2.05) is 0 Å². The maximum Gasteiger partial charge on any atom is 1.00 e. The maximum absolute atomic E-state index is 10.4. The molecule has 23 heavy (non-hydrogen) atoms. The fourth-order valence-corrected chi connectivity index (χ4v) is 2.89. The summed E-state index contributed by atoms with van der Waals surface area (Å²) < 4.78 is 4.74. The molecule has 0 aliphatic carbocycles. The van der Waals surface area contributed by atoms with E-state index in [9.17, 15) is 5.11 Å². The molecule has 0 aliphatic heterocycles. The Balaban J connectivity index is 0. The second-order valence-electron chi connectivity index (χ2n) is 6.40. The van der Waals surface area contributed by atoms with Crippen molar-refractivity contribution in [2.75, 3.05) is 6.61 Å². The van der Waals surface area contributed by atoms with E-state index in [0.29, 0.717) is 6.61 Å². The van der Waals surface area contributed by atoms with Crippen LogP contribution in [0, 0.1) is 0 Å². The van der Waals surface area contributed by atoms with Gasteiger partial charge < -0.3 is 9.84 Å². The molecule has 132 valence electrons. The number of hydrogen-bond acceptors (Lipinski definition) is 3. The normalized spacial score (nSPS) is 10.3. The van der Waals surface area contributed by atoms with Crippen molar-refractivity contribution in [1.29, 1.82) is 0 Å². The Morgan fingerprint density at radius 2 is 0.957 bits per heavy atom. The first-order valence-corrected chi connectivity index (χ1v) is 10.0. The summed E-state index contributed by atoms with van der Waals surface area (Å²) in [6.45, 7) is 2.78. The molecule has 0 aliphatic rings. The number of hydrogen-bond donors (Lipinski definition) is 0. The Labute approximate surface area is 172 Å². The van der Waals surface area contributed by atoms with Crippen molar-refractivity contribution in [2.24, 2.45) is 0 Å². The molecule has 0 aromatic rings.